The molecule has 3 N–H and O–H groups in total. The molecule has 3 rings (SSSR count). The molecule has 0 bridgehead atoms. The molecule has 0 atom stereocenters. The van der Waals surface area contributed by atoms with Crippen molar-refractivity contribution in [2.24, 2.45) is 5.73 Å². The SMILES string of the molecule is CC(C)c1c(-c2cccc(CC(N)=O)c2)nc2c(C#N)c[nH]n2c1=O. The summed E-state index contributed by atoms with van der Waals surface area (Å²) in [7, 11) is 0. The van der Waals surface area contributed by atoms with Crippen LogP contribution in [-0.2, 0) is 11.2 Å². The Bertz CT molecular complexity index is 1070. The van der Waals surface area contributed by atoms with E-state index in [9.17, 15) is 14.9 Å². The minimum absolute atomic E-state index is 0.0690. The second kappa shape index (κ2) is 6.24. The maximum Gasteiger partial charge on any atom is 0.276 e. The van der Waals surface area contributed by atoms with Crippen LogP contribution in [0.1, 0.15) is 36.5 Å². The molecule has 0 unspecified atom stereocenters. The van der Waals surface area contributed by atoms with E-state index in [2.05, 4.69) is 10.1 Å². The van der Waals surface area contributed by atoms with Gasteiger partial charge in [-0.05, 0) is 17.5 Å². The Morgan fingerprint density at radius 3 is 2.84 bits per heavy atom. The zero-order valence-electron chi connectivity index (χ0n) is 13.9. The Morgan fingerprint density at radius 1 is 1.44 bits per heavy atom. The third-order valence-electron chi connectivity index (χ3n) is 3.97. The van der Waals surface area contributed by atoms with E-state index in [0.29, 0.717) is 22.4 Å². The van der Waals surface area contributed by atoms with Gasteiger partial charge in [0.25, 0.3) is 5.56 Å². The fourth-order valence-corrected chi connectivity index (χ4v) is 2.88. The number of hydrogen-bond acceptors (Lipinski definition) is 4. The summed E-state index contributed by atoms with van der Waals surface area (Å²) in [6.45, 7) is 3.82. The molecule has 0 radical (unpaired) electrons. The highest BCUT2D eigenvalue weighted by Crippen LogP contribution is 2.27. The van der Waals surface area contributed by atoms with Gasteiger partial charge in [0.1, 0.15) is 11.6 Å². The van der Waals surface area contributed by atoms with E-state index in [4.69, 9.17) is 5.73 Å². The quantitative estimate of drug-likeness (QED) is 0.754. The summed E-state index contributed by atoms with van der Waals surface area (Å²) in [5.74, 6) is -0.498. The second-order valence-corrected chi connectivity index (χ2v) is 6.14. The van der Waals surface area contributed by atoms with Crippen molar-refractivity contribution >= 4 is 11.6 Å². The maximum atomic E-state index is 12.9. The first-order valence-corrected chi connectivity index (χ1v) is 7.84. The Hall–Kier alpha value is -3.40. The number of fused-ring (bicyclic) bond motifs is 1. The molecule has 2 aromatic heterocycles. The van der Waals surface area contributed by atoms with Crippen LogP contribution in [0, 0.1) is 11.3 Å². The summed E-state index contributed by atoms with van der Waals surface area (Å²) in [6.07, 6.45) is 1.57. The van der Waals surface area contributed by atoms with Crippen molar-refractivity contribution < 1.29 is 4.79 Å². The third-order valence-corrected chi connectivity index (χ3v) is 3.97. The summed E-state index contributed by atoms with van der Waals surface area (Å²) in [5, 5.41) is 12.0. The molecule has 0 aliphatic carbocycles. The van der Waals surface area contributed by atoms with Crippen molar-refractivity contribution in [1.82, 2.24) is 14.6 Å². The van der Waals surface area contributed by atoms with Gasteiger partial charge < -0.3 is 5.73 Å². The van der Waals surface area contributed by atoms with Gasteiger partial charge in [-0.3, -0.25) is 14.7 Å². The molecular formula is C18H17N5O2. The topological polar surface area (TPSA) is 117 Å². The Morgan fingerprint density at radius 2 is 2.20 bits per heavy atom. The number of hydrogen-bond donors (Lipinski definition) is 2. The lowest BCUT2D eigenvalue weighted by atomic mass is 9.96. The summed E-state index contributed by atoms with van der Waals surface area (Å²) in [5.41, 5.74) is 8.12. The van der Waals surface area contributed by atoms with E-state index < -0.39 is 5.91 Å². The summed E-state index contributed by atoms with van der Waals surface area (Å²) in [4.78, 5) is 28.6. The number of nitrogens with zero attached hydrogens (tertiary/aromatic N) is 3. The van der Waals surface area contributed by atoms with Crippen molar-refractivity contribution in [2.75, 3.05) is 0 Å². The minimum Gasteiger partial charge on any atom is -0.369 e. The summed E-state index contributed by atoms with van der Waals surface area (Å²) >= 11 is 0. The lowest BCUT2D eigenvalue weighted by molar-refractivity contribution is -0.117. The number of nitriles is 1. The van der Waals surface area contributed by atoms with Crippen molar-refractivity contribution in [2.45, 2.75) is 26.2 Å². The van der Waals surface area contributed by atoms with Crippen LogP contribution in [0.2, 0.25) is 0 Å². The van der Waals surface area contributed by atoms with Crippen LogP contribution in [0.3, 0.4) is 0 Å². The number of rotatable bonds is 4. The Labute approximate surface area is 143 Å². The van der Waals surface area contributed by atoms with Gasteiger partial charge in [-0.2, -0.15) is 5.26 Å². The lowest BCUT2D eigenvalue weighted by Gasteiger charge is -2.12. The average molecular weight is 335 g/mol. The van der Waals surface area contributed by atoms with Crippen LogP contribution in [0.4, 0.5) is 0 Å². The van der Waals surface area contributed by atoms with E-state index in [0.717, 1.165) is 5.56 Å². The van der Waals surface area contributed by atoms with Crippen LogP contribution in [-0.4, -0.2) is 20.5 Å². The Balaban J connectivity index is 2.31. The van der Waals surface area contributed by atoms with Crippen LogP contribution < -0.4 is 11.3 Å². The normalized spacial score (nSPS) is 11.0. The number of aromatic amines is 1. The van der Waals surface area contributed by atoms with Crippen molar-refractivity contribution in [1.29, 1.82) is 5.26 Å². The van der Waals surface area contributed by atoms with E-state index in [-0.39, 0.29) is 23.5 Å². The smallest absolute Gasteiger partial charge is 0.276 e. The van der Waals surface area contributed by atoms with Crippen molar-refractivity contribution in [3.05, 3.63) is 57.5 Å². The second-order valence-electron chi connectivity index (χ2n) is 6.14. The van der Waals surface area contributed by atoms with E-state index in [1.54, 1.807) is 18.2 Å². The number of benzene rings is 1. The monoisotopic (exact) mass is 335 g/mol. The number of aromatic nitrogens is 3. The molecule has 126 valence electrons. The number of primary amides is 1. The van der Waals surface area contributed by atoms with Crippen LogP contribution in [0.15, 0.2) is 35.3 Å². The first kappa shape index (κ1) is 16.5. The van der Waals surface area contributed by atoms with Gasteiger partial charge in [0.15, 0.2) is 5.65 Å². The molecule has 0 fully saturated rings. The zero-order chi connectivity index (χ0) is 18.1. The van der Waals surface area contributed by atoms with Crippen molar-refractivity contribution in [3.63, 3.8) is 0 Å². The number of H-pyrrole nitrogens is 1. The fraction of sp³-hybridized carbons (Fsp3) is 0.222. The molecule has 25 heavy (non-hydrogen) atoms. The summed E-state index contributed by atoms with van der Waals surface area (Å²) < 4.78 is 1.28. The van der Waals surface area contributed by atoms with Crippen LogP contribution in [0.5, 0.6) is 0 Å². The van der Waals surface area contributed by atoms with Gasteiger partial charge in [0, 0.05) is 17.3 Å². The largest absolute Gasteiger partial charge is 0.369 e. The predicted molar refractivity (Wildman–Crippen MR) is 93.0 cm³/mol. The van der Waals surface area contributed by atoms with Gasteiger partial charge in [0.2, 0.25) is 5.91 Å². The predicted octanol–water partition coefficient (Wildman–Crippen LogP) is 1.71. The number of carbonyl (C=O) groups is 1. The third kappa shape index (κ3) is 2.90. The fourth-order valence-electron chi connectivity index (χ4n) is 2.88. The molecule has 0 saturated heterocycles. The molecule has 0 saturated carbocycles. The molecule has 7 nitrogen and oxygen atoms in total. The van der Waals surface area contributed by atoms with Crippen LogP contribution >= 0.6 is 0 Å². The number of nitrogens with one attached hydrogen (secondary N) is 1. The molecule has 2 heterocycles. The standard InChI is InChI=1S/C18H17N5O2/c1-10(2)15-16(12-5-3-4-11(6-12)7-14(20)24)22-17-13(8-19)9-21-23(17)18(15)25/h3-6,9-10,21H,7H2,1-2H3,(H2,20,24). The summed E-state index contributed by atoms with van der Waals surface area (Å²) in [6, 6.07) is 9.25. The maximum absolute atomic E-state index is 12.9. The van der Waals surface area contributed by atoms with Gasteiger partial charge in [-0.25, -0.2) is 9.50 Å². The van der Waals surface area contributed by atoms with E-state index >= 15 is 0 Å². The minimum atomic E-state index is -0.429. The highest BCUT2D eigenvalue weighted by atomic mass is 16.1. The van der Waals surface area contributed by atoms with Gasteiger partial charge in [-0.1, -0.05) is 32.0 Å². The molecule has 3 aromatic rings. The van der Waals surface area contributed by atoms with E-state index in [1.165, 1.54) is 10.7 Å². The van der Waals surface area contributed by atoms with Gasteiger partial charge in [-0.15, -0.1) is 0 Å². The first-order chi connectivity index (χ1) is 11.9. The molecule has 7 heteroatoms. The van der Waals surface area contributed by atoms with E-state index in [1.807, 2.05) is 26.0 Å². The Kier molecular flexibility index (Phi) is 4.11. The highest BCUT2D eigenvalue weighted by Gasteiger charge is 2.20. The van der Waals surface area contributed by atoms with Gasteiger partial charge in [0.05, 0.1) is 12.1 Å². The van der Waals surface area contributed by atoms with Crippen LogP contribution in [0.25, 0.3) is 16.9 Å². The van der Waals surface area contributed by atoms with Gasteiger partial charge >= 0.3 is 0 Å². The number of carbonyl (C=O) groups excluding carboxylic acids is 1. The average Bonchev–Trinajstić information content (AvgIpc) is 2.97. The molecule has 0 spiro atoms. The zero-order valence-corrected chi connectivity index (χ0v) is 13.9. The first-order valence-electron chi connectivity index (χ1n) is 7.84. The highest BCUT2D eigenvalue weighted by molar-refractivity contribution is 5.77. The molecule has 1 amide bonds. The molecule has 1 aromatic carbocycles. The molecule has 0 aliphatic heterocycles. The number of amides is 1. The molecular weight excluding hydrogens is 318 g/mol. The lowest BCUT2D eigenvalue weighted by Crippen LogP contribution is -2.22. The van der Waals surface area contributed by atoms with Crippen molar-refractivity contribution in [3.8, 4) is 17.3 Å². The molecule has 0 aliphatic rings. The number of nitrogens with two attached hydrogens (primary N) is 1.